The molecule has 0 saturated carbocycles. The minimum absolute atomic E-state index is 0.126. The third-order valence-corrected chi connectivity index (χ3v) is 3.67. The van der Waals surface area contributed by atoms with Crippen LogP contribution in [-0.2, 0) is 25.6 Å². The molecule has 3 rings (SSSR count). The van der Waals surface area contributed by atoms with Crippen molar-refractivity contribution >= 4 is 5.82 Å². The Morgan fingerprint density at radius 2 is 2.23 bits per heavy atom. The van der Waals surface area contributed by atoms with Crippen molar-refractivity contribution in [3.63, 3.8) is 0 Å². The van der Waals surface area contributed by atoms with Crippen molar-refractivity contribution in [2.24, 2.45) is 0 Å². The van der Waals surface area contributed by atoms with Crippen LogP contribution >= 0.6 is 0 Å². The molecule has 0 fully saturated rings. The van der Waals surface area contributed by atoms with Gasteiger partial charge in [-0.25, -0.2) is 14.6 Å². The molecule has 1 aliphatic heterocycles. The Bertz CT molecular complexity index is 665. The number of rotatable bonds is 3. The van der Waals surface area contributed by atoms with Crippen molar-refractivity contribution in [1.82, 2.24) is 19.7 Å². The number of halogens is 3. The van der Waals surface area contributed by atoms with Crippen molar-refractivity contribution in [1.29, 1.82) is 0 Å². The topological polar surface area (TPSA) is 55.6 Å². The van der Waals surface area contributed by atoms with Crippen LogP contribution in [0.5, 0.6) is 0 Å². The van der Waals surface area contributed by atoms with Crippen LogP contribution in [0.25, 0.3) is 0 Å². The molecular formula is C14H16F3N5. The lowest BCUT2D eigenvalue weighted by molar-refractivity contribution is -0.137. The van der Waals surface area contributed by atoms with E-state index in [9.17, 15) is 13.2 Å². The van der Waals surface area contributed by atoms with E-state index in [-0.39, 0.29) is 11.9 Å². The van der Waals surface area contributed by atoms with Gasteiger partial charge in [-0.1, -0.05) is 6.92 Å². The van der Waals surface area contributed by atoms with E-state index in [1.54, 1.807) is 4.68 Å². The summed E-state index contributed by atoms with van der Waals surface area (Å²) in [6, 6.07) is 2.18. The summed E-state index contributed by atoms with van der Waals surface area (Å²) in [4.78, 5) is 8.24. The summed E-state index contributed by atoms with van der Waals surface area (Å²) in [6.07, 6.45) is -0.916. The maximum absolute atomic E-state index is 13.0. The second-order valence-electron chi connectivity index (χ2n) is 5.26. The molecular weight excluding hydrogens is 295 g/mol. The van der Waals surface area contributed by atoms with Gasteiger partial charge in [-0.2, -0.15) is 18.3 Å². The van der Waals surface area contributed by atoms with Gasteiger partial charge in [0, 0.05) is 25.1 Å². The first-order valence-electron chi connectivity index (χ1n) is 7.18. The van der Waals surface area contributed by atoms with Gasteiger partial charge in [-0.3, -0.25) is 0 Å². The quantitative estimate of drug-likeness (QED) is 0.947. The number of anilines is 1. The number of hydrogen-bond acceptors (Lipinski definition) is 4. The highest BCUT2D eigenvalue weighted by Crippen LogP contribution is 2.34. The summed E-state index contributed by atoms with van der Waals surface area (Å²) >= 11 is 0. The number of hydrogen-bond donors (Lipinski definition) is 1. The molecule has 5 nitrogen and oxygen atoms in total. The molecule has 22 heavy (non-hydrogen) atoms. The van der Waals surface area contributed by atoms with Crippen LogP contribution in [0.15, 0.2) is 18.3 Å². The summed E-state index contributed by atoms with van der Waals surface area (Å²) in [5.41, 5.74) is -0.742. The minimum atomic E-state index is -4.42. The van der Waals surface area contributed by atoms with E-state index in [4.69, 9.17) is 0 Å². The van der Waals surface area contributed by atoms with Gasteiger partial charge in [0.25, 0.3) is 0 Å². The van der Waals surface area contributed by atoms with Gasteiger partial charge >= 0.3 is 6.18 Å². The summed E-state index contributed by atoms with van der Waals surface area (Å²) in [7, 11) is 0. The van der Waals surface area contributed by atoms with Crippen LogP contribution < -0.4 is 5.32 Å². The average Bonchev–Trinajstić information content (AvgIpc) is 2.89. The molecule has 0 aliphatic carbocycles. The lowest BCUT2D eigenvalue weighted by Gasteiger charge is -2.25. The third-order valence-electron chi connectivity index (χ3n) is 3.67. The summed E-state index contributed by atoms with van der Waals surface area (Å²) in [5.74, 6) is 1.54. The van der Waals surface area contributed by atoms with Crippen molar-refractivity contribution in [2.75, 3.05) is 5.32 Å². The first-order chi connectivity index (χ1) is 10.5. The van der Waals surface area contributed by atoms with Crippen molar-refractivity contribution in [3.05, 3.63) is 35.5 Å². The van der Waals surface area contributed by atoms with E-state index in [1.165, 1.54) is 12.3 Å². The molecule has 0 spiro atoms. The minimum Gasteiger partial charge on any atom is -0.365 e. The molecule has 0 amide bonds. The molecule has 8 heteroatoms. The maximum Gasteiger partial charge on any atom is 0.419 e. The zero-order chi connectivity index (χ0) is 15.7. The van der Waals surface area contributed by atoms with Gasteiger partial charge in [0.05, 0.1) is 12.1 Å². The van der Waals surface area contributed by atoms with Crippen LogP contribution in [0.2, 0.25) is 0 Å². The van der Waals surface area contributed by atoms with Gasteiger partial charge < -0.3 is 5.32 Å². The van der Waals surface area contributed by atoms with Crippen molar-refractivity contribution in [2.45, 2.75) is 44.9 Å². The summed E-state index contributed by atoms with van der Waals surface area (Å²) in [6.45, 7) is 2.47. The van der Waals surface area contributed by atoms with Gasteiger partial charge in [0.2, 0.25) is 0 Å². The normalized spacial score (nSPS) is 18.1. The molecule has 118 valence electrons. The molecule has 1 atom stereocenters. The fourth-order valence-corrected chi connectivity index (χ4v) is 2.57. The predicted octanol–water partition coefficient (Wildman–Crippen LogP) is 2.68. The summed E-state index contributed by atoms with van der Waals surface area (Å²) < 4.78 is 40.7. The highest BCUT2D eigenvalue weighted by molar-refractivity contribution is 5.46. The molecule has 1 unspecified atom stereocenters. The monoisotopic (exact) mass is 311 g/mol. The van der Waals surface area contributed by atoms with Crippen LogP contribution in [0.1, 0.15) is 30.6 Å². The second kappa shape index (κ2) is 5.58. The van der Waals surface area contributed by atoms with E-state index in [1.807, 2.05) is 6.92 Å². The smallest absolute Gasteiger partial charge is 0.365 e. The molecule has 1 N–H and O–H groups in total. The zero-order valence-electron chi connectivity index (χ0n) is 12.1. The standard InChI is InChI=1S/C14H16F3N5/c1-2-11-20-12-6-5-9(8-22(12)21-11)19-13-10(14(15,16)17)4-3-7-18-13/h3-4,7,9H,2,5-6,8H2,1H3,(H,18,19). The molecule has 2 aromatic heterocycles. The van der Waals surface area contributed by atoms with E-state index >= 15 is 0 Å². The molecule has 1 aliphatic rings. The van der Waals surface area contributed by atoms with Gasteiger partial charge in [-0.05, 0) is 18.6 Å². The third kappa shape index (κ3) is 2.90. The van der Waals surface area contributed by atoms with Gasteiger partial charge in [0.15, 0.2) is 5.82 Å². The van der Waals surface area contributed by atoms with E-state index < -0.39 is 11.7 Å². The maximum atomic E-state index is 13.0. The lowest BCUT2D eigenvalue weighted by atomic mass is 10.1. The average molecular weight is 311 g/mol. The van der Waals surface area contributed by atoms with Gasteiger partial charge in [0.1, 0.15) is 11.6 Å². The fourth-order valence-electron chi connectivity index (χ4n) is 2.57. The second-order valence-corrected chi connectivity index (χ2v) is 5.26. The van der Waals surface area contributed by atoms with Gasteiger partial charge in [-0.15, -0.1) is 0 Å². The number of pyridine rings is 1. The highest BCUT2D eigenvalue weighted by Gasteiger charge is 2.35. The number of nitrogens with one attached hydrogen (secondary N) is 1. The highest BCUT2D eigenvalue weighted by atomic mass is 19.4. The summed E-state index contributed by atoms with van der Waals surface area (Å²) in [5, 5.41) is 7.26. The van der Waals surface area contributed by atoms with E-state index in [0.717, 1.165) is 24.1 Å². The number of aryl methyl sites for hydroxylation is 2. The van der Waals surface area contributed by atoms with Crippen molar-refractivity contribution < 1.29 is 13.2 Å². The molecule has 2 aromatic rings. The van der Waals surface area contributed by atoms with E-state index in [0.29, 0.717) is 19.4 Å². The fraction of sp³-hybridized carbons (Fsp3) is 0.500. The van der Waals surface area contributed by atoms with Crippen LogP contribution in [0.3, 0.4) is 0 Å². The molecule has 0 radical (unpaired) electrons. The Hall–Kier alpha value is -2.12. The Morgan fingerprint density at radius 1 is 1.41 bits per heavy atom. The first-order valence-corrected chi connectivity index (χ1v) is 7.18. The number of nitrogens with zero attached hydrogens (tertiary/aromatic N) is 4. The Morgan fingerprint density at radius 3 is 2.95 bits per heavy atom. The Balaban J connectivity index is 1.78. The van der Waals surface area contributed by atoms with E-state index in [2.05, 4.69) is 20.4 Å². The Labute approximate surface area is 125 Å². The van der Waals surface area contributed by atoms with Crippen molar-refractivity contribution in [3.8, 4) is 0 Å². The molecule has 0 saturated heterocycles. The Kier molecular flexibility index (Phi) is 3.76. The zero-order valence-corrected chi connectivity index (χ0v) is 12.1. The van der Waals surface area contributed by atoms with Crippen LogP contribution in [0.4, 0.5) is 19.0 Å². The first kappa shape index (κ1) is 14.8. The molecule has 3 heterocycles. The predicted molar refractivity (Wildman–Crippen MR) is 74.4 cm³/mol. The largest absolute Gasteiger partial charge is 0.419 e. The number of alkyl halides is 3. The molecule has 0 bridgehead atoms. The van der Waals surface area contributed by atoms with Crippen LogP contribution in [-0.4, -0.2) is 25.8 Å². The van der Waals surface area contributed by atoms with Crippen LogP contribution in [0, 0.1) is 0 Å². The SMILES string of the molecule is CCc1nc2n(n1)CC(Nc1ncccc1C(F)(F)F)CC2. The lowest BCUT2D eigenvalue weighted by Crippen LogP contribution is -2.33. The number of aromatic nitrogens is 4. The number of fused-ring (bicyclic) bond motifs is 1. The molecule has 0 aromatic carbocycles.